The normalized spacial score (nSPS) is 12.5. The van der Waals surface area contributed by atoms with Crippen LogP contribution in [0.2, 0.25) is 0 Å². The zero-order valence-corrected chi connectivity index (χ0v) is 10.3. The fourth-order valence-electron chi connectivity index (χ4n) is 1.49. The Bertz CT molecular complexity index is 490. The molecule has 0 fully saturated rings. The van der Waals surface area contributed by atoms with Gasteiger partial charge in [0.2, 0.25) is 5.91 Å². The zero-order chi connectivity index (χ0) is 12.3. The lowest BCUT2D eigenvalue weighted by Crippen LogP contribution is -2.17. The summed E-state index contributed by atoms with van der Waals surface area (Å²) in [6.45, 7) is 2.72. The number of hydrogen-bond acceptors (Lipinski definition) is 4. The average molecular weight is 250 g/mol. The number of thiophene rings is 1. The maximum atomic E-state index is 10.9. The maximum absolute atomic E-state index is 10.9. The predicted molar refractivity (Wildman–Crippen MR) is 66.8 cm³/mol. The smallest absolute Gasteiger partial charge is 0.249 e. The average Bonchev–Trinajstić information content (AvgIpc) is 2.97. The number of rotatable bonds is 5. The maximum Gasteiger partial charge on any atom is 0.249 e. The van der Waals surface area contributed by atoms with E-state index in [0.29, 0.717) is 12.1 Å². The van der Waals surface area contributed by atoms with Gasteiger partial charge in [0.25, 0.3) is 0 Å². The Morgan fingerprint density at radius 1 is 1.65 bits per heavy atom. The van der Waals surface area contributed by atoms with Gasteiger partial charge in [-0.25, -0.2) is 0 Å². The molecule has 0 aliphatic rings. The summed E-state index contributed by atoms with van der Waals surface area (Å²) in [5.41, 5.74) is 5.76. The van der Waals surface area contributed by atoms with Crippen molar-refractivity contribution in [3.8, 4) is 0 Å². The van der Waals surface area contributed by atoms with Crippen LogP contribution in [0.5, 0.6) is 0 Å². The van der Waals surface area contributed by atoms with Crippen molar-refractivity contribution in [3.63, 3.8) is 0 Å². The summed E-state index contributed by atoms with van der Waals surface area (Å²) in [5.74, 6) is 0.517. The predicted octanol–water partition coefficient (Wildman–Crippen LogP) is 2.29. The Morgan fingerprint density at radius 2 is 2.47 bits per heavy atom. The molecule has 1 atom stereocenters. The number of furan rings is 1. The number of nitrogens with two attached hydrogens (primary N) is 1. The van der Waals surface area contributed by atoms with Crippen LogP contribution in [-0.2, 0) is 6.54 Å². The Kier molecular flexibility index (Phi) is 3.61. The Balaban J connectivity index is 1.91. The highest BCUT2D eigenvalue weighted by Gasteiger charge is 2.09. The van der Waals surface area contributed by atoms with Gasteiger partial charge in [0.05, 0.1) is 17.9 Å². The molecule has 0 saturated carbocycles. The van der Waals surface area contributed by atoms with Gasteiger partial charge in [-0.2, -0.15) is 0 Å². The zero-order valence-electron chi connectivity index (χ0n) is 9.47. The first-order valence-electron chi connectivity index (χ1n) is 5.31. The molecule has 17 heavy (non-hydrogen) atoms. The summed E-state index contributed by atoms with van der Waals surface area (Å²) >= 11 is 1.52. The lowest BCUT2D eigenvalue weighted by atomic mass is 10.2. The fraction of sp³-hybridized carbons (Fsp3) is 0.250. The van der Waals surface area contributed by atoms with Crippen molar-refractivity contribution >= 4 is 17.2 Å². The van der Waals surface area contributed by atoms with Gasteiger partial charge in [0.1, 0.15) is 5.76 Å². The third-order valence-corrected chi connectivity index (χ3v) is 3.43. The van der Waals surface area contributed by atoms with Crippen LogP contribution in [0.25, 0.3) is 0 Å². The van der Waals surface area contributed by atoms with Crippen molar-refractivity contribution in [2.75, 3.05) is 0 Å². The summed E-state index contributed by atoms with van der Waals surface area (Å²) < 4.78 is 5.29. The highest BCUT2D eigenvalue weighted by Crippen LogP contribution is 2.17. The molecule has 1 amide bonds. The first kappa shape index (κ1) is 11.9. The topological polar surface area (TPSA) is 68.3 Å². The van der Waals surface area contributed by atoms with Crippen molar-refractivity contribution in [1.29, 1.82) is 0 Å². The second-order valence-corrected chi connectivity index (χ2v) is 4.78. The van der Waals surface area contributed by atoms with Crippen molar-refractivity contribution in [2.24, 2.45) is 5.73 Å². The first-order valence-corrected chi connectivity index (χ1v) is 6.19. The monoisotopic (exact) mass is 250 g/mol. The summed E-state index contributed by atoms with van der Waals surface area (Å²) in [6.07, 6.45) is 1.66. The van der Waals surface area contributed by atoms with Crippen LogP contribution in [0.1, 0.15) is 34.0 Å². The summed E-state index contributed by atoms with van der Waals surface area (Å²) in [7, 11) is 0. The molecule has 0 unspecified atom stereocenters. The Labute approximate surface area is 103 Å². The van der Waals surface area contributed by atoms with E-state index in [1.807, 2.05) is 25.1 Å². The number of primary amides is 1. The van der Waals surface area contributed by atoms with Crippen LogP contribution in [0.4, 0.5) is 0 Å². The van der Waals surface area contributed by atoms with E-state index in [0.717, 1.165) is 10.6 Å². The standard InChI is InChI=1S/C12H14N2O2S/c1-8(11-3-2-4-16-11)14-6-10-5-9(7-17-10)12(13)15/h2-5,7-8,14H,6H2,1H3,(H2,13,15)/t8-/m1/s1. The van der Waals surface area contributed by atoms with Gasteiger partial charge in [0, 0.05) is 16.8 Å². The second kappa shape index (κ2) is 5.16. The fourth-order valence-corrected chi connectivity index (χ4v) is 2.32. The van der Waals surface area contributed by atoms with E-state index in [-0.39, 0.29) is 11.9 Å². The van der Waals surface area contributed by atoms with Crippen molar-refractivity contribution < 1.29 is 9.21 Å². The highest BCUT2D eigenvalue weighted by atomic mass is 32.1. The van der Waals surface area contributed by atoms with Gasteiger partial charge in [-0.1, -0.05) is 0 Å². The number of amides is 1. The van der Waals surface area contributed by atoms with E-state index in [1.165, 1.54) is 11.3 Å². The molecule has 3 N–H and O–H groups in total. The molecule has 0 saturated heterocycles. The molecule has 0 aromatic carbocycles. The van der Waals surface area contributed by atoms with E-state index in [2.05, 4.69) is 5.32 Å². The lowest BCUT2D eigenvalue weighted by Gasteiger charge is -2.09. The molecule has 2 aromatic heterocycles. The number of carbonyl (C=O) groups excluding carboxylic acids is 1. The molecule has 90 valence electrons. The molecule has 0 bridgehead atoms. The number of carbonyl (C=O) groups is 1. The van der Waals surface area contributed by atoms with E-state index in [1.54, 1.807) is 11.6 Å². The third-order valence-electron chi connectivity index (χ3n) is 2.49. The van der Waals surface area contributed by atoms with Gasteiger partial charge in [-0.3, -0.25) is 4.79 Å². The van der Waals surface area contributed by atoms with E-state index < -0.39 is 0 Å². The number of hydrogen-bond donors (Lipinski definition) is 2. The second-order valence-electron chi connectivity index (χ2n) is 3.78. The highest BCUT2D eigenvalue weighted by molar-refractivity contribution is 7.10. The first-order chi connectivity index (χ1) is 8.16. The van der Waals surface area contributed by atoms with Crippen molar-refractivity contribution in [1.82, 2.24) is 5.32 Å². The lowest BCUT2D eigenvalue weighted by molar-refractivity contribution is 0.100. The quantitative estimate of drug-likeness (QED) is 0.855. The molecule has 2 rings (SSSR count). The van der Waals surface area contributed by atoms with Crippen LogP contribution in [0, 0.1) is 0 Å². The Morgan fingerprint density at radius 3 is 3.06 bits per heavy atom. The van der Waals surface area contributed by atoms with Crippen LogP contribution in [0.3, 0.4) is 0 Å². The van der Waals surface area contributed by atoms with Gasteiger partial charge < -0.3 is 15.5 Å². The molecular formula is C12H14N2O2S. The third kappa shape index (κ3) is 2.95. The molecule has 0 aliphatic heterocycles. The number of nitrogens with one attached hydrogen (secondary N) is 1. The Hall–Kier alpha value is -1.59. The molecule has 2 heterocycles. The molecule has 0 aliphatic carbocycles. The van der Waals surface area contributed by atoms with Crippen LogP contribution >= 0.6 is 11.3 Å². The minimum atomic E-state index is -0.383. The molecule has 5 heteroatoms. The molecule has 0 radical (unpaired) electrons. The largest absolute Gasteiger partial charge is 0.468 e. The van der Waals surface area contributed by atoms with Crippen LogP contribution in [0.15, 0.2) is 34.3 Å². The van der Waals surface area contributed by atoms with Gasteiger partial charge >= 0.3 is 0 Å². The minimum Gasteiger partial charge on any atom is -0.468 e. The molecule has 2 aromatic rings. The minimum absolute atomic E-state index is 0.143. The molecule has 0 spiro atoms. The summed E-state index contributed by atoms with van der Waals surface area (Å²) in [4.78, 5) is 12.0. The van der Waals surface area contributed by atoms with Crippen LogP contribution < -0.4 is 11.1 Å². The van der Waals surface area contributed by atoms with E-state index >= 15 is 0 Å². The van der Waals surface area contributed by atoms with Crippen molar-refractivity contribution in [3.05, 3.63) is 46.0 Å². The van der Waals surface area contributed by atoms with Gasteiger partial charge in [0.15, 0.2) is 0 Å². The summed E-state index contributed by atoms with van der Waals surface area (Å²) in [5, 5.41) is 5.09. The van der Waals surface area contributed by atoms with Crippen LogP contribution in [-0.4, -0.2) is 5.91 Å². The van der Waals surface area contributed by atoms with Gasteiger partial charge in [-0.15, -0.1) is 11.3 Å². The van der Waals surface area contributed by atoms with E-state index in [9.17, 15) is 4.79 Å². The van der Waals surface area contributed by atoms with Gasteiger partial charge in [-0.05, 0) is 25.1 Å². The van der Waals surface area contributed by atoms with E-state index in [4.69, 9.17) is 10.2 Å². The SMILES string of the molecule is C[C@@H](NCc1cc(C(N)=O)cs1)c1ccco1. The summed E-state index contributed by atoms with van der Waals surface area (Å²) in [6, 6.07) is 5.75. The molecular weight excluding hydrogens is 236 g/mol. The molecule has 4 nitrogen and oxygen atoms in total. The van der Waals surface area contributed by atoms with Crippen molar-refractivity contribution in [2.45, 2.75) is 19.5 Å².